The number of aromatic nitrogens is 1. The number of hydrogen-bond donors (Lipinski definition) is 1. The summed E-state index contributed by atoms with van der Waals surface area (Å²) in [4.78, 5) is 0. The van der Waals surface area contributed by atoms with Crippen LogP contribution in [0.3, 0.4) is 0 Å². The molecule has 0 unspecified atom stereocenters. The van der Waals surface area contributed by atoms with E-state index in [9.17, 15) is 0 Å². The fourth-order valence-corrected chi connectivity index (χ4v) is 1.56. The van der Waals surface area contributed by atoms with E-state index >= 15 is 0 Å². The van der Waals surface area contributed by atoms with Gasteiger partial charge in [-0.3, -0.25) is 0 Å². The minimum Gasteiger partial charge on any atom is -0.308 e. The minimum atomic E-state index is 0.680. The molecule has 1 rings (SSSR count). The normalized spacial score (nSPS) is 10.8. The molecule has 0 radical (unpaired) electrons. The fraction of sp³-hybridized carbons (Fsp3) is 0.583. The molecule has 78 valence electrons. The maximum absolute atomic E-state index is 3.55. The molecule has 0 saturated heterocycles. The van der Waals surface area contributed by atoms with Crippen LogP contribution in [-0.2, 0) is 6.54 Å². The first kappa shape index (κ1) is 11.2. The summed E-state index contributed by atoms with van der Waals surface area (Å²) in [6.45, 7) is 6.58. The first-order valence-corrected chi connectivity index (χ1v) is 5.54. The van der Waals surface area contributed by atoms with Gasteiger partial charge >= 0.3 is 0 Å². The van der Waals surface area contributed by atoms with Crippen LogP contribution in [-0.4, -0.2) is 12.6 Å². The lowest BCUT2D eigenvalue weighted by Gasteiger charge is -2.12. The molecular weight excluding hydrogens is 172 g/mol. The van der Waals surface area contributed by atoms with Crippen LogP contribution in [0.2, 0.25) is 0 Å². The summed E-state index contributed by atoms with van der Waals surface area (Å²) >= 11 is 0. The second kappa shape index (κ2) is 6.55. The van der Waals surface area contributed by atoms with Gasteiger partial charge in [0, 0.05) is 18.2 Å². The Hall–Kier alpha value is -0.890. The Labute approximate surface area is 87.0 Å². The van der Waals surface area contributed by atoms with Gasteiger partial charge in [-0.25, -0.2) is 4.57 Å². The summed E-state index contributed by atoms with van der Waals surface area (Å²) in [5, 5.41) is 3.55. The van der Waals surface area contributed by atoms with Gasteiger partial charge in [-0.15, -0.1) is 0 Å². The van der Waals surface area contributed by atoms with Crippen molar-refractivity contribution in [3.8, 4) is 0 Å². The molecule has 0 spiro atoms. The number of rotatable bonds is 6. The maximum atomic E-state index is 3.55. The van der Waals surface area contributed by atoms with Crippen LogP contribution >= 0.6 is 0 Å². The number of nitrogens with one attached hydrogen (secondary N) is 1. The van der Waals surface area contributed by atoms with Gasteiger partial charge in [0.25, 0.3) is 0 Å². The Morgan fingerprint density at radius 3 is 2.29 bits per heavy atom. The Kier molecular flexibility index (Phi) is 5.23. The average Bonchev–Trinajstić information content (AvgIpc) is 2.26. The molecule has 1 aromatic rings. The van der Waals surface area contributed by atoms with Crippen molar-refractivity contribution in [2.75, 3.05) is 6.54 Å². The predicted molar refractivity (Wildman–Crippen MR) is 59.0 cm³/mol. The molecule has 1 aromatic heterocycles. The third-order valence-electron chi connectivity index (χ3n) is 2.57. The third kappa shape index (κ3) is 3.88. The van der Waals surface area contributed by atoms with E-state index in [4.69, 9.17) is 0 Å². The Balaban J connectivity index is 2.21. The highest BCUT2D eigenvalue weighted by atomic mass is 15.0. The molecule has 0 amide bonds. The standard InChI is InChI=1S/C12H21N2/c1-3-12(4-2)13-8-11-14-9-6-5-7-10-14/h5-7,9-10,12-13H,3-4,8,11H2,1-2H3/q+1. The summed E-state index contributed by atoms with van der Waals surface area (Å²) < 4.78 is 2.20. The summed E-state index contributed by atoms with van der Waals surface area (Å²) in [5.41, 5.74) is 0. The van der Waals surface area contributed by atoms with Gasteiger partial charge in [0.15, 0.2) is 18.9 Å². The molecule has 0 aliphatic rings. The Bertz CT molecular complexity index is 229. The van der Waals surface area contributed by atoms with E-state index in [0.717, 1.165) is 13.1 Å². The molecule has 1 heterocycles. The van der Waals surface area contributed by atoms with E-state index in [-0.39, 0.29) is 0 Å². The highest BCUT2D eigenvalue weighted by Gasteiger charge is 2.03. The van der Waals surface area contributed by atoms with Gasteiger partial charge in [-0.05, 0) is 12.8 Å². The van der Waals surface area contributed by atoms with E-state index < -0.39 is 0 Å². The molecule has 2 heteroatoms. The molecule has 0 aliphatic heterocycles. The summed E-state index contributed by atoms with van der Waals surface area (Å²) in [7, 11) is 0. The second-order valence-electron chi connectivity index (χ2n) is 3.58. The van der Waals surface area contributed by atoms with Crippen LogP contribution < -0.4 is 9.88 Å². The van der Waals surface area contributed by atoms with E-state index in [1.54, 1.807) is 0 Å². The van der Waals surface area contributed by atoms with E-state index in [0.29, 0.717) is 6.04 Å². The van der Waals surface area contributed by atoms with Gasteiger partial charge in [-0.2, -0.15) is 0 Å². The third-order valence-corrected chi connectivity index (χ3v) is 2.57. The zero-order valence-electron chi connectivity index (χ0n) is 9.24. The van der Waals surface area contributed by atoms with E-state index in [1.807, 2.05) is 6.07 Å². The summed E-state index contributed by atoms with van der Waals surface area (Å²) in [6, 6.07) is 6.86. The summed E-state index contributed by atoms with van der Waals surface area (Å²) in [5.74, 6) is 0. The van der Waals surface area contributed by atoms with Crippen LogP contribution in [0.5, 0.6) is 0 Å². The van der Waals surface area contributed by atoms with Crippen LogP contribution in [0.15, 0.2) is 30.6 Å². The monoisotopic (exact) mass is 193 g/mol. The van der Waals surface area contributed by atoms with Crippen LogP contribution in [0.25, 0.3) is 0 Å². The van der Waals surface area contributed by atoms with Gasteiger partial charge in [0.1, 0.15) is 0 Å². The topological polar surface area (TPSA) is 15.9 Å². The zero-order chi connectivity index (χ0) is 10.2. The largest absolute Gasteiger partial charge is 0.308 e. The quantitative estimate of drug-likeness (QED) is 0.681. The minimum absolute atomic E-state index is 0.680. The number of hydrogen-bond acceptors (Lipinski definition) is 1. The predicted octanol–water partition coefficient (Wildman–Crippen LogP) is 1.75. The number of pyridine rings is 1. The van der Waals surface area contributed by atoms with Crippen molar-refractivity contribution in [1.82, 2.24) is 5.32 Å². The number of nitrogens with zero attached hydrogens (tertiary/aromatic N) is 1. The lowest BCUT2D eigenvalue weighted by Crippen LogP contribution is -2.40. The Morgan fingerprint density at radius 2 is 1.71 bits per heavy atom. The summed E-state index contributed by atoms with van der Waals surface area (Å²) in [6.07, 6.45) is 6.65. The average molecular weight is 193 g/mol. The van der Waals surface area contributed by atoms with Crippen molar-refractivity contribution in [3.63, 3.8) is 0 Å². The lowest BCUT2D eigenvalue weighted by molar-refractivity contribution is -0.695. The lowest BCUT2D eigenvalue weighted by atomic mass is 10.2. The van der Waals surface area contributed by atoms with Gasteiger partial charge in [0.2, 0.25) is 0 Å². The maximum Gasteiger partial charge on any atom is 0.168 e. The van der Waals surface area contributed by atoms with Crippen molar-refractivity contribution in [2.24, 2.45) is 0 Å². The Morgan fingerprint density at radius 1 is 1.07 bits per heavy atom. The van der Waals surface area contributed by atoms with Crippen molar-refractivity contribution in [2.45, 2.75) is 39.3 Å². The fourth-order valence-electron chi connectivity index (χ4n) is 1.56. The smallest absolute Gasteiger partial charge is 0.168 e. The molecule has 0 bridgehead atoms. The highest BCUT2D eigenvalue weighted by Crippen LogP contribution is 1.94. The first-order chi connectivity index (χ1) is 6.86. The SMILES string of the molecule is CCC(CC)NCC[n+]1ccccc1. The van der Waals surface area contributed by atoms with Crippen molar-refractivity contribution in [1.29, 1.82) is 0 Å². The van der Waals surface area contributed by atoms with Crippen molar-refractivity contribution >= 4 is 0 Å². The van der Waals surface area contributed by atoms with Crippen molar-refractivity contribution in [3.05, 3.63) is 30.6 Å². The molecule has 0 fully saturated rings. The highest BCUT2D eigenvalue weighted by molar-refractivity contribution is 4.83. The molecular formula is C12H21N2+. The molecule has 0 atom stereocenters. The van der Waals surface area contributed by atoms with Gasteiger partial charge in [0.05, 0.1) is 6.54 Å². The second-order valence-corrected chi connectivity index (χ2v) is 3.58. The van der Waals surface area contributed by atoms with Crippen molar-refractivity contribution < 1.29 is 4.57 Å². The van der Waals surface area contributed by atoms with E-state index in [2.05, 4.69) is 48.3 Å². The molecule has 1 N–H and O–H groups in total. The molecule has 0 saturated carbocycles. The zero-order valence-corrected chi connectivity index (χ0v) is 9.24. The molecule has 0 aromatic carbocycles. The van der Waals surface area contributed by atoms with Crippen LogP contribution in [0, 0.1) is 0 Å². The van der Waals surface area contributed by atoms with Gasteiger partial charge < -0.3 is 5.32 Å². The van der Waals surface area contributed by atoms with Gasteiger partial charge in [-0.1, -0.05) is 19.9 Å². The van der Waals surface area contributed by atoms with Crippen LogP contribution in [0.1, 0.15) is 26.7 Å². The molecule has 0 aliphatic carbocycles. The molecule has 2 nitrogen and oxygen atoms in total. The molecule has 14 heavy (non-hydrogen) atoms. The first-order valence-electron chi connectivity index (χ1n) is 5.54. The van der Waals surface area contributed by atoms with Crippen LogP contribution in [0.4, 0.5) is 0 Å². The van der Waals surface area contributed by atoms with E-state index in [1.165, 1.54) is 12.8 Å².